The van der Waals surface area contributed by atoms with Gasteiger partial charge in [-0.25, -0.2) is 9.97 Å². The Hall–Kier alpha value is -7.30. The van der Waals surface area contributed by atoms with Crippen LogP contribution in [-0.4, -0.2) is 19.1 Å². The van der Waals surface area contributed by atoms with Gasteiger partial charge in [0, 0.05) is 38.2 Å². The minimum absolute atomic E-state index is 0.132. The molecular formula is C50H32N4. The van der Waals surface area contributed by atoms with Crippen molar-refractivity contribution in [3.63, 3.8) is 0 Å². The van der Waals surface area contributed by atoms with Gasteiger partial charge in [-0.15, -0.1) is 0 Å². The minimum Gasteiger partial charge on any atom is -0.309 e. The van der Waals surface area contributed by atoms with Gasteiger partial charge in [0.05, 0.1) is 40.1 Å². The lowest BCUT2D eigenvalue weighted by Crippen LogP contribution is -2.03. The molecule has 3 aromatic heterocycles. The first-order valence-electron chi connectivity index (χ1n) is 20.4. The van der Waals surface area contributed by atoms with E-state index in [1.807, 2.05) is 66.7 Å². The molecule has 0 spiro atoms. The largest absolute Gasteiger partial charge is 0.309 e. The second kappa shape index (κ2) is 12.1. The fourth-order valence-corrected chi connectivity index (χ4v) is 7.95. The van der Waals surface area contributed by atoms with Crippen LogP contribution in [0.4, 0.5) is 0 Å². The summed E-state index contributed by atoms with van der Waals surface area (Å²) in [6.07, 6.45) is 0. The average molecular weight is 694 g/mol. The van der Waals surface area contributed by atoms with Gasteiger partial charge in [0.15, 0.2) is 0 Å². The molecule has 8 aromatic carbocycles. The second-order valence-corrected chi connectivity index (χ2v) is 13.5. The van der Waals surface area contributed by atoms with E-state index < -0.39 is 6.04 Å². The number of benzene rings is 8. The lowest BCUT2D eigenvalue weighted by atomic mass is 10.0. The quantitative estimate of drug-likeness (QED) is 0.180. The Morgan fingerprint density at radius 1 is 0.370 bits per heavy atom. The van der Waals surface area contributed by atoms with Crippen molar-refractivity contribution in [2.24, 2.45) is 0 Å². The van der Waals surface area contributed by atoms with Gasteiger partial charge in [0.25, 0.3) is 0 Å². The molecule has 0 fully saturated rings. The smallest absolute Gasteiger partial charge is 0.235 e. The molecule has 0 N–H and O–H groups in total. The van der Waals surface area contributed by atoms with E-state index in [-0.39, 0.29) is 29.9 Å². The van der Waals surface area contributed by atoms with Crippen molar-refractivity contribution in [1.29, 1.82) is 0 Å². The maximum Gasteiger partial charge on any atom is 0.235 e. The van der Waals surface area contributed by atoms with E-state index in [1.54, 1.807) is 4.57 Å². The van der Waals surface area contributed by atoms with E-state index in [4.69, 9.17) is 16.8 Å². The van der Waals surface area contributed by atoms with Crippen LogP contribution in [0.15, 0.2) is 194 Å². The van der Waals surface area contributed by atoms with Crippen molar-refractivity contribution in [3.8, 4) is 45.1 Å². The topological polar surface area (TPSA) is 35.6 Å². The Labute approximate surface area is 318 Å². The summed E-state index contributed by atoms with van der Waals surface area (Å²) in [5, 5.41) is 4.96. The number of fused-ring (bicyclic) bond motifs is 7. The molecule has 11 aromatic rings. The number of nitrogens with zero attached hydrogens (tertiary/aromatic N) is 4. The van der Waals surface area contributed by atoms with E-state index in [0.29, 0.717) is 5.95 Å². The van der Waals surface area contributed by atoms with Gasteiger partial charge in [-0.1, -0.05) is 139 Å². The summed E-state index contributed by atoms with van der Waals surface area (Å²) < 4.78 is 46.4. The Kier molecular flexibility index (Phi) is 5.76. The van der Waals surface area contributed by atoms with Gasteiger partial charge >= 0.3 is 0 Å². The van der Waals surface area contributed by atoms with Crippen LogP contribution in [0.2, 0.25) is 0 Å². The molecule has 0 unspecified atom stereocenters. The Morgan fingerprint density at radius 3 is 1.56 bits per heavy atom. The standard InChI is InChI=1S/C50H32N4/c1-3-13-33(14-4-1)34-23-25-35(26-24-34)49-41-19-7-10-20-44(41)51-50(52-49)54-46-22-12-9-18-40(46)43-32-37(28-30-48(43)54)36-27-29-47-42(31-36)39-17-8-11-21-45(39)53(47)38-15-5-2-6-16-38/h1-32H/i2D,5D,6D,15D,16D. The van der Waals surface area contributed by atoms with Crippen LogP contribution >= 0.6 is 0 Å². The summed E-state index contributed by atoms with van der Waals surface area (Å²) in [6.45, 7) is 0. The zero-order valence-corrected chi connectivity index (χ0v) is 28.9. The van der Waals surface area contributed by atoms with Gasteiger partial charge in [0.1, 0.15) is 0 Å². The van der Waals surface area contributed by atoms with Crippen LogP contribution in [0, 0.1) is 0 Å². The molecule has 54 heavy (non-hydrogen) atoms. The first-order chi connectivity index (χ1) is 28.9. The van der Waals surface area contributed by atoms with E-state index in [0.717, 1.165) is 88.0 Å². The lowest BCUT2D eigenvalue weighted by Gasteiger charge is -2.12. The predicted molar refractivity (Wildman–Crippen MR) is 225 cm³/mol. The van der Waals surface area contributed by atoms with Crippen LogP contribution in [-0.2, 0) is 0 Å². The maximum atomic E-state index is 8.77. The average Bonchev–Trinajstić information content (AvgIpc) is 3.80. The van der Waals surface area contributed by atoms with Crippen LogP contribution in [0.3, 0.4) is 0 Å². The molecule has 0 atom stereocenters. The summed E-state index contributed by atoms with van der Waals surface area (Å²) >= 11 is 0. The number of hydrogen-bond acceptors (Lipinski definition) is 2. The van der Waals surface area contributed by atoms with Gasteiger partial charge in [-0.3, -0.25) is 4.57 Å². The molecule has 0 radical (unpaired) electrons. The maximum absolute atomic E-state index is 8.77. The highest BCUT2D eigenvalue weighted by Crippen LogP contribution is 2.39. The second-order valence-electron chi connectivity index (χ2n) is 13.5. The highest BCUT2D eigenvalue weighted by molar-refractivity contribution is 6.12. The third-order valence-corrected chi connectivity index (χ3v) is 10.4. The molecule has 0 saturated carbocycles. The highest BCUT2D eigenvalue weighted by Gasteiger charge is 2.19. The Bertz CT molecular complexity index is 3470. The van der Waals surface area contributed by atoms with E-state index in [9.17, 15) is 0 Å². The molecule has 3 heterocycles. The highest BCUT2D eigenvalue weighted by atomic mass is 15.2. The molecule has 4 heteroatoms. The van der Waals surface area contributed by atoms with Crippen molar-refractivity contribution in [3.05, 3.63) is 194 Å². The summed E-state index contributed by atoms with van der Waals surface area (Å²) in [6, 6.07) is 54.3. The van der Waals surface area contributed by atoms with Crippen molar-refractivity contribution in [1.82, 2.24) is 19.1 Å². The third kappa shape index (κ3) is 4.78. The monoisotopic (exact) mass is 693 g/mol. The summed E-state index contributed by atoms with van der Waals surface area (Å²) in [4.78, 5) is 10.5. The number of rotatable bonds is 5. The first-order valence-corrected chi connectivity index (χ1v) is 17.9. The summed E-state index contributed by atoms with van der Waals surface area (Å²) in [5.41, 5.74) is 10.7. The number of aromatic nitrogens is 4. The molecule has 4 nitrogen and oxygen atoms in total. The van der Waals surface area contributed by atoms with Crippen LogP contribution in [0.5, 0.6) is 0 Å². The fraction of sp³-hybridized carbons (Fsp3) is 0. The normalized spacial score (nSPS) is 13.0. The molecule has 11 rings (SSSR count). The third-order valence-electron chi connectivity index (χ3n) is 10.4. The first kappa shape index (κ1) is 25.6. The summed E-state index contributed by atoms with van der Waals surface area (Å²) in [7, 11) is 0. The van der Waals surface area contributed by atoms with Gasteiger partial charge in [-0.05, 0) is 76.8 Å². The van der Waals surface area contributed by atoms with Crippen molar-refractivity contribution < 1.29 is 6.85 Å². The van der Waals surface area contributed by atoms with E-state index >= 15 is 0 Å². The molecule has 252 valence electrons. The molecule has 0 saturated heterocycles. The van der Waals surface area contributed by atoms with Crippen molar-refractivity contribution >= 4 is 54.5 Å². The zero-order chi connectivity index (χ0) is 39.9. The fourth-order valence-electron chi connectivity index (χ4n) is 7.95. The molecule has 0 aliphatic carbocycles. The number of para-hydroxylation sites is 4. The van der Waals surface area contributed by atoms with Gasteiger partial charge in [-0.2, -0.15) is 0 Å². The molecule has 0 aliphatic heterocycles. The summed E-state index contributed by atoms with van der Waals surface area (Å²) in [5.74, 6) is 0.590. The Balaban J connectivity index is 1.07. The van der Waals surface area contributed by atoms with Crippen LogP contribution < -0.4 is 0 Å². The molecule has 0 bridgehead atoms. The molecule has 0 aliphatic rings. The minimum atomic E-state index is -0.412. The zero-order valence-electron chi connectivity index (χ0n) is 33.9. The molecular weight excluding hydrogens is 657 g/mol. The lowest BCUT2D eigenvalue weighted by molar-refractivity contribution is 1.01. The van der Waals surface area contributed by atoms with Crippen molar-refractivity contribution in [2.75, 3.05) is 0 Å². The number of hydrogen-bond donors (Lipinski definition) is 0. The molecule has 0 amide bonds. The van der Waals surface area contributed by atoms with Gasteiger partial charge in [0.2, 0.25) is 5.95 Å². The predicted octanol–water partition coefficient (Wildman–Crippen LogP) is 12.8. The SMILES string of the molecule is [2H]c1c([2H])c([2H])c(-n2c3ccccc3c3cc(-c4ccc5c(c4)c4ccccc4n5-c4nc(-c5ccc(-c6ccccc6)cc5)c5ccccc5n4)ccc32)c([2H])c1[2H]. The Morgan fingerprint density at radius 2 is 0.870 bits per heavy atom. The van der Waals surface area contributed by atoms with E-state index in [1.165, 1.54) is 0 Å². The van der Waals surface area contributed by atoms with Crippen LogP contribution in [0.25, 0.3) is 99.7 Å². The van der Waals surface area contributed by atoms with Gasteiger partial charge < -0.3 is 4.57 Å². The van der Waals surface area contributed by atoms with Crippen molar-refractivity contribution in [2.45, 2.75) is 0 Å². The van der Waals surface area contributed by atoms with E-state index in [2.05, 4.69) is 102 Å². The van der Waals surface area contributed by atoms with Crippen LogP contribution in [0.1, 0.15) is 6.85 Å².